The second-order valence-corrected chi connectivity index (χ2v) is 15.6. The van der Waals surface area contributed by atoms with Crippen molar-refractivity contribution in [1.29, 1.82) is 0 Å². The standard InChI is InChI=1S/C22H26N4O4.C17H21N3O2/c1-12-20(13(2)30-26-12)14-3-4-16(23-15-8-22(9-15)10-29-11-22)18(7-14)25-21(28)17-5-6-19(27)24-17;1-10-16(11(2)22-20-10)12-3-4-15(14(18)5-12)19-13-6-17(7-13)8-21-9-17/h3-4,7,15,17,23H,5-6,8-11H2,1-2H3,(H,24,27)(H,25,28);3-5,13,19H,6-9,18H2,1-2H3/t17-;/m0./s1. The fourth-order valence-electron chi connectivity index (χ4n) is 8.47. The zero-order valence-corrected chi connectivity index (χ0v) is 30.2. The highest BCUT2D eigenvalue weighted by molar-refractivity contribution is 6.01. The predicted octanol–water partition coefficient (Wildman–Crippen LogP) is 5.90. The van der Waals surface area contributed by atoms with Gasteiger partial charge >= 0.3 is 0 Å². The van der Waals surface area contributed by atoms with Gasteiger partial charge in [-0.05, 0) is 95.2 Å². The van der Waals surface area contributed by atoms with Gasteiger partial charge in [-0.2, -0.15) is 0 Å². The van der Waals surface area contributed by atoms with E-state index in [0.717, 1.165) is 101 Å². The van der Waals surface area contributed by atoms with Gasteiger partial charge < -0.3 is 45.5 Å². The Morgan fingerprint density at radius 3 is 1.73 bits per heavy atom. The van der Waals surface area contributed by atoms with Crippen LogP contribution in [0.1, 0.15) is 61.4 Å². The molecule has 5 aliphatic rings. The Labute approximate surface area is 302 Å². The molecule has 2 aliphatic carbocycles. The van der Waals surface area contributed by atoms with Crippen molar-refractivity contribution in [2.75, 3.05) is 48.1 Å². The third kappa shape index (κ3) is 6.51. The zero-order valence-electron chi connectivity index (χ0n) is 30.2. The first-order chi connectivity index (χ1) is 25.0. The number of carbonyl (C=O) groups is 2. The lowest BCUT2D eigenvalue weighted by molar-refractivity contribution is -0.159. The fourth-order valence-corrected chi connectivity index (χ4v) is 8.47. The summed E-state index contributed by atoms with van der Waals surface area (Å²) >= 11 is 0. The molecule has 5 heterocycles. The van der Waals surface area contributed by atoms with Crippen LogP contribution in [0.25, 0.3) is 22.3 Å². The molecule has 2 aromatic heterocycles. The summed E-state index contributed by atoms with van der Waals surface area (Å²) in [5.41, 5.74) is 16.0. The number of anilines is 4. The van der Waals surface area contributed by atoms with Crippen LogP contribution in [0.2, 0.25) is 0 Å². The summed E-state index contributed by atoms with van der Waals surface area (Å²) in [5, 5.41) is 20.9. The Morgan fingerprint density at radius 1 is 0.769 bits per heavy atom. The monoisotopic (exact) mass is 709 g/mol. The van der Waals surface area contributed by atoms with Crippen LogP contribution in [0.15, 0.2) is 45.4 Å². The number of rotatable bonds is 8. The van der Waals surface area contributed by atoms with Crippen molar-refractivity contribution in [3.05, 3.63) is 59.3 Å². The maximum Gasteiger partial charge on any atom is 0.247 e. The van der Waals surface area contributed by atoms with Gasteiger partial charge in [-0.1, -0.05) is 22.4 Å². The SMILES string of the molecule is Cc1noc(C)c1-c1ccc(NC2CC3(COC3)C2)c(N)c1.Cc1noc(C)c1-c1ccc(NC2CC3(COC3)C2)c(NC(=O)[C@@H]2CCC(=O)N2)c1. The predicted molar refractivity (Wildman–Crippen MR) is 197 cm³/mol. The molecule has 9 rings (SSSR count). The van der Waals surface area contributed by atoms with Crippen molar-refractivity contribution in [3.63, 3.8) is 0 Å². The first-order valence-corrected chi connectivity index (χ1v) is 18.2. The summed E-state index contributed by atoms with van der Waals surface area (Å²) < 4.78 is 21.2. The van der Waals surface area contributed by atoms with Crippen molar-refractivity contribution >= 4 is 34.6 Å². The van der Waals surface area contributed by atoms with E-state index in [1.165, 1.54) is 12.8 Å². The molecule has 3 saturated heterocycles. The van der Waals surface area contributed by atoms with Crippen LogP contribution >= 0.6 is 0 Å². The van der Waals surface area contributed by atoms with Crippen LogP contribution in [0.5, 0.6) is 0 Å². The van der Waals surface area contributed by atoms with Crippen LogP contribution in [0.4, 0.5) is 22.7 Å². The molecule has 4 aromatic rings. The normalized spacial score (nSPS) is 22.3. The lowest BCUT2D eigenvalue weighted by Crippen LogP contribution is -2.56. The van der Waals surface area contributed by atoms with Gasteiger partial charge in [0.2, 0.25) is 11.8 Å². The first-order valence-electron chi connectivity index (χ1n) is 18.2. The third-order valence-electron chi connectivity index (χ3n) is 11.4. The number of aryl methyl sites for hydroxylation is 4. The molecule has 0 unspecified atom stereocenters. The Morgan fingerprint density at radius 2 is 1.29 bits per heavy atom. The molecule has 2 aromatic carbocycles. The second-order valence-electron chi connectivity index (χ2n) is 15.6. The Kier molecular flexibility index (Phi) is 8.73. The van der Waals surface area contributed by atoms with E-state index in [4.69, 9.17) is 24.3 Å². The lowest BCUT2D eigenvalue weighted by atomic mass is 9.64. The molecular formula is C39H47N7O6. The summed E-state index contributed by atoms with van der Waals surface area (Å²) in [4.78, 5) is 24.3. The van der Waals surface area contributed by atoms with Gasteiger partial charge in [0.25, 0.3) is 0 Å². The van der Waals surface area contributed by atoms with Gasteiger partial charge in [0.1, 0.15) is 17.6 Å². The summed E-state index contributed by atoms with van der Waals surface area (Å²) in [6.45, 7) is 11.2. The van der Waals surface area contributed by atoms with Gasteiger partial charge in [-0.15, -0.1) is 0 Å². The van der Waals surface area contributed by atoms with Gasteiger partial charge in [0.05, 0.1) is 60.6 Å². The molecule has 1 atom stereocenters. The maximum atomic E-state index is 12.8. The molecule has 6 N–H and O–H groups in total. The topological polar surface area (TPSA) is 179 Å². The summed E-state index contributed by atoms with van der Waals surface area (Å²) in [6, 6.07) is 12.5. The summed E-state index contributed by atoms with van der Waals surface area (Å²) in [6.07, 6.45) is 5.40. The molecule has 13 nitrogen and oxygen atoms in total. The number of nitrogens with zero attached hydrogens (tertiary/aromatic N) is 2. The molecule has 13 heteroatoms. The van der Waals surface area contributed by atoms with Crippen LogP contribution in [0, 0.1) is 38.5 Å². The van der Waals surface area contributed by atoms with E-state index in [9.17, 15) is 9.59 Å². The fraction of sp³-hybridized carbons (Fsp3) is 0.487. The van der Waals surface area contributed by atoms with Gasteiger partial charge in [0, 0.05) is 40.5 Å². The van der Waals surface area contributed by atoms with Crippen LogP contribution in [-0.2, 0) is 19.1 Å². The lowest BCUT2D eigenvalue weighted by Gasteiger charge is -2.53. The largest absolute Gasteiger partial charge is 0.397 e. The number of amides is 2. The minimum absolute atomic E-state index is 0.0829. The smallest absolute Gasteiger partial charge is 0.247 e. The highest BCUT2D eigenvalue weighted by Gasteiger charge is 2.50. The second kappa shape index (κ2) is 13.3. The molecule has 5 fully saturated rings. The number of carbonyl (C=O) groups excluding carboxylic acids is 2. The number of hydrogen-bond donors (Lipinski definition) is 5. The highest BCUT2D eigenvalue weighted by atomic mass is 16.5. The van der Waals surface area contributed by atoms with Gasteiger partial charge in [-0.25, -0.2) is 0 Å². The van der Waals surface area contributed by atoms with Crippen LogP contribution in [-0.4, -0.2) is 66.7 Å². The average molecular weight is 710 g/mol. The van der Waals surface area contributed by atoms with Gasteiger partial charge in [-0.3, -0.25) is 9.59 Å². The average Bonchev–Trinajstić information content (AvgIpc) is 3.73. The maximum absolute atomic E-state index is 12.8. The number of ether oxygens (including phenoxy) is 2. The molecule has 3 aliphatic heterocycles. The quantitative estimate of drug-likeness (QED) is 0.138. The van der Waals surface area contributed by atoms with E-state index in [2.05, 4.69) is 43.7 Å². The molecule has 2 saturated carbocycles. The summed E-state index contributed by atoms with van der Waals surface area (Å²) in [5.74, 6) is 1.28. The number of hydrogen-bond acceptors (Lipinski definition) is 11. The molecule has 2 spiro atoms. The van der Waals surface area contributed by atoms with Crippen LogP contribution < -0.4 is 27.0 Å². The van der Waals surface area contributed by atoms with E-state index in [-0.39, 0.29) is 11.8 Å². The molecule has 0 bridgehead atoms. The molecule has 0 radical (unpaired) electrons. The number of nitrogen functional groups attached to an aromatic ring is 1. The molecular weight excluding hydrogens is 662 g/mol. The minimum Gasteiger partial charge on any atom is -0.397 e. The number of nitrogens with one attached hydrogen (secondary N) is 4. The Bertz CT molecular complexity index is 1960. The summed E-state index contributed by atoms with van der Waals surface area (Å²) in [7, 11) is 0. The zero-order chi connectivity index (χ0) is 36.2. The number of aromatic nitrogens is 2. The van der Waals surface area contributed by atoms with E-state index in [1.54, 1.807) is 0 Å². The van der Waals surface area contributed by atoms with Crippen molar-refractivity contribution in [2.45, 2.75) is 84.3 Å². The minimum atomic E-state index is -0.493. The van der Waals surface area contributed by atoms with Crippen molar-refractivity contribution < 1.29 is 28.1 Å². The van der Waals surface area contributed by atoms with Gasteiger partial charge in [0.15, 0.2) is 0 Å². The third-order valence-corrected chi connectivity index (χ3v) is 11.4. The Hall–Kier alpha value is -4.88. The highest BCUT2D eigenvalue weighted by Crippen LogP contribution is 2.49. The van der Waals surface area contributed by atoms with E-state index < -0.39 is 6.04 Å². The van der Waals surface area contributed by atoms with Crippen molar-refractivity contribution in [3.8, 4) is 22.3 Å². The molecule has 2 amide bonds. The van der Waals surface area contributed by atoms with E-state index in [1.807, 2.05) is 52.0 Å². The number of benzene rings is 2. The van der Waals surface area contributed by atoms with Crippen molar-refractivity contribution in [1.82, 2.24) is 15.6 Å². The van der Waals surface area contributed by atoms with E-state index in [0.29, 0.717) is 41.4 Å². The van der Waals surface area contributed by atoms with Crippen molar-refractivity contribution in [2.24, 2.45) is 10.8 Å². The first kappa shape index (κ1) is 34.2. The van der Waals surface area contributed by atoms with E-state index >= 15 is 0 Å². The number of nitrogens with two attached hydrogens (primary N) is 1. The molecule has 274 valence electrons. The van der Waals surface area contributed by atoms with Crippen LogP contribution in [0.3, 0.4) is 0 Å². The molecule has 52 heavy (non-hydrogen) atoms. The Balaban J connectivity index is 0.000000156.